The first-order valence-corrected chi connectivity index (χ1v) is 6.06. The third kappa shape index (κ3) is 1.96. The number of furan rings is 1. The normalized spacial score (nSPS) is 10.9. The van der Waals surface area contributed by atoms with Crippen LogP contribution in [0, 0.1) is 20.8 Å². The number of nitrogens with zero attached hydrogens (tertiary/aromatic N) is 3. The van der Waals surface area contributed by atoms with Gasteiger partial charge in [0.25, 0.3) is 0 Å². The molecule has 0 aliphatic rings. The Kier molecular flexibility index (Phi) is 3.32. The summed E-state index contributed by atoms with van der Waals surface area (Å²) in [5.41, 5.74) is 2.04. The molecule has 0 atom stereocenters. The molecule has 18 heavy (non-hydrogen) atoms. The van der Waals surface area contributed by atoms with Crippen molar-refractivity contribution in [2.75, 3.05) is 0 Å². The Bertz CT molecular complexity index is 581. The van der Waals surface area contributed by atoms with Gasteiger partial charge in [-0.3, -0.25) is 4.79 Å². The van der Waals surface area contributed by atoms with Crippen LogP contribution >= 0.6 is 0 Å². The zero-order valence-electron chi connectivity index (χ0n) is 11.1. The van der Waals surface area contributed by atoms with E-state index in [9.17, 15) is 4.79 Å². The van der Waals surface area contributed by atoms with E-state index in [1.165, 1.54) is 6.20 Å². The molecule has 0 amide bonds. The number of aryl methyl sites for hydroxylation is 3. The first-order chi connectivity index (χ1) is 8.56. The van der Waals surface area contributed by atoms with Crippen molar-refractivity contribution >= 4 is 5.78 Å². The van der Waals surface area contributed by atoms with Crippen molar-refractivity contribution < 1.29 is 9.21 Å². The molecular formula is C13H17N3O2. The number of rotatable bonds is 4. The zero-order chi connectivity index (χ0) is 13.3. The second-order valence-electron chi connectivity index (χ2n) is 4.39. The zero-order valence-corrected chi connectivity index (χ0v) is 11.1. The van der Waals surface area contributed by atoms with Gasteiger partial charge in [-0.1, -0.05) is 12.1 Å². The minimum atomic E-state index is -0.0692. The van der Waals surface area contributed by atoms with Gasteiger partial charge in [-0.15, -0.1) is 5.10 Å². The van der Waals surface area contributed by atoms with Crippen molar-refractivity contribution in [1.82, 2.24) is 15.0 Å². The van der Waals surface area contributed by atoms with Gasteiger partial charge in [-0.25, -0.2) is 4.68 Å². The largest absolute Gasteiger partial charge is 0.466 e. The van der Waals surface area contributed by atoms with Gasteiger partial charge in [-0.05, 0) is 27.2 Å². The minimum absolute atomic E-state index is 0.0692. The molecule has 96 valence electrons. The summed E-state index contributed by atoms with van der Waals surface area (Å²) in [7, 11) is 0. The summed E-state index contributed by atoms with van der Waals surface area (Å²) < 4.78 is 7.14. The lowest BCUT2D eigenvalue weighted by atomic mass is 10.0. The van der Waals surface area contributed by atoms with E-state index in [2.05, 4.69) is 10.3 Å². The van der Waals surface area contributed by atoms with Gasteiger partial charge < -0.3 is 4.42 Å². The standard InChI is InChI=1S/C13H17N3O2/c1-5-6-16-11(7-14-15-16)13(17)12-8(2)9(3)18-10(12)4/h7H,5-6H2,1-4H3. The Hall–Kier alpha value is -1.91. The molecule has 0 aliphatic heterocycles. The maximum atomic E-state index is 12.5. The van der Waals surface area contributed by atoms with Crippen molar-refractivity contribution in [3.63, 3.8) is 0 Å². The lowest BCUT2D eigenvalue weighted by Crippen LogP contribution is -2.12. The van der Waals surface area contributed by atoms with Crippen LogP contribution in [-0.4, -0.2) is 20.8 Å². The molecule has 5 nitrogen and oxygen atoms in total. The van der Waals surface area contributed by atoms with Gasteiger partial charge in [0.2, 0.25) is 5.78 Å². The van der Waals surface area contributed by atoms with Crippen LogP contribution in [0.5, 0.6) is 0 Å². The first kappa shape index (κ1) is 12.5. The Morgan fingerprint density at radius 2 is 2.06 bits per heavy atom. The average molecular weight is 247 g/mol. The molecule has 0 N–H and O–H groups in total. The molecule has 2 aromatic heterocycles. The van der Waals surface area contributed by atoms with Crippen molar-refractivity contribution in [2.45, 2.75) is 40.7 Å². The molecular weight excluding hydrogens is 230 g/mol. The Morgan fingerprint density at radius 1 is 1.33 bits per heavy atom. The molecule has 2 heterocycles. The van der Waals surface area contributed by atoms with Crippen LogP contribution in [0.3, 0.4) is 0 Å². The molecule has 0 saturated carbocycles. The van der Waals surface area contributed by atoms with E-state index in [1.807, 2.05) is 20.8 Å². The van der Waals surface area contributed by atoms with E-state index < -0.39 is 0 Å². The van der Waals surface area contributed by atoms with Crippen LogP contribution < -0.4 is 0 Å². The Morgan fingerprint density at radius 3 is 2.61 bits per heavy atom. The van der Waals surface area contributed by atoms with Crippen molar-refractivity contribution in [3.05, 3.63) is 34.5 Å². The van der Waals surface area contributed by atoms with Crippen LogP contribution in [0.4, 0.5) is 0 Å². The number of carbonyl (C=O) groups is 1. The highest BCUT2D eigenvalue weighted by Gasteiger charge is 2.23. The van der Waals surface area contributed by atoms with E-state index in [-0.39, 0.29) is 5.78 Å². The monoisotopic (exact) mass is 247 g/mol. The molecule has 0 aliphatic carbocycles. The third-order valence-electron chi connectivity index (χ3n) is 3.07. The second-order valence-corrected chi connectivity index (χ2v) is 4.39. The molecule has 2 rings (SSSR count). The molecule has 0 unspecified atom stereocenters. The summed E-state index contributed by atoms with van der Waals surface area (Å²) >= 11 is 0. The number of carbonyl (C=O) groups excluding carboxylic acids is 1. The second kappa shape index (κ2) is 4.76. The summed E-state index contributed by atoms with van der Waals surface area (Å²) in [4.78, 5) is 12.5. The van der Waals surface area contributed by atoms with Gasteiger partial charge in [0, 0.05) is 12.1 Å². The van der Waals surface area contributed by atoms with Crippen LogP contribution in [0.25, 0.3) is 0 Å². The van der Waals surface area contributed by atoms with Crippen LogP contribution in [-0.2, 0) is 6.54 Å². The highest BCUT2D eigenvalue weighted by Crippen LogP contribution is 2.23. The quantitative estimate of drug-likeness (QED) is 0.778. The maximum Gasteiger partial charge on any atom is 0.216 e. The van der Waals surface area contributed by atoms with E-state index in [0.717, 1.165) is 17.7 Å². The maximum absolute atomic E-state index is 12.5. The summed E-state index contributed by atoms with van der Waals surface area (Å²) in [6.07, 6.45) is 2.42. The van der Waals surface area contributed by atoms with Crippen molar-refractivity contribution in [1.29, 1.82) is 0 Å². The summed E-state index contributed by atoms with van der Waals surface area (Å²) in [6.45, 7) is 8.29. The smallest absolute Gasteiger partial charge is 0.216 e. The van der Waals surface area contributed by atoms with Gasteiger partial charge in [-0.2, -0.15) is 0 Å². The van der Waals surface area contributed by atoms with Crippen molar-refractivity contribution in [2.24, 2.45) is 0 Å². The fourth-order valence-corrected chi connectivity index (χ4v) is 2.07. The highest BCUT2D eigenvalue weighted by atomic mass is 16.3. The van der Waals surface area contributed by atoms with E-state index >= 15 is 0 Å². The van der Waals surface area contributed by atoms with Gasteiger partial charge in [0.15, 0.2) is 0 Å². The first-order valence-electron chi connectivity index (χ1n) is 6.06. The van der Waals surface area contributed by atoms with Gasteiger partial charge in [0.1, 0.15) is 17.2 Å². The minimum Gasteiger partial charge on any atom is -0.466 e. The van der Waals surface area contributed by atoms with Crippen LogP contribution in [0.15, 0.2) is 10.6 Å². The molecule has 0 bridgehead atoms. The number of ketones is 1. The van der Waals surface area contributed by atoms with E-state index in [1.54, 1.807) is 11.6 Å². The fraction of sp³-hybridized carbons (Fsp3) is 0.462. The van der Waals surface area contributed by atoms with E-state index in [0.29, 0.717) is 23.6 Å². The van der Waals surface area contributed by atoms with Gasteiger partial charge >= 0.3 is 0 Å². The number of hydrogen-bond acceptors (Lipinski definition) is 4. The summed E-state index contributed by atoms with van der Waals surface area (Å²) in [5, 5.41) is 7.75. The number of aromatic nitrogens is 3. The lowest BCUT2D eigenvalue weighted by molar-refractivity contribution is 0.102. The topological polar surface area (TPSA) is 60.9 Å². The predicted octanol–water partition coefficient (Wildman–Crippen LogP) is 2.44. The average Bonchev–Trinajstić information content (AvgIpc) is 2.86. The fourth-order valence-electron chi connectivity index (χ4n) is 2.07. The number of hydrogen-bond donors (Lipinski definition) is 0. The Balaban J connectivity index is 2.45. The molecule has 0 aromatic carbocycles. The predicted molar refractivity (Wildman–Crippen MR) is 66.7 cm³/mol. The van der Waals surface area contributed by atoms with Crippen LogP contribution in [0.2, 0.25) is 0 Å². The molecule has 2 aromatic rings. The third-order valence-corrected chi connectivity index (χ3v) is 3.07. The summed E-state index contributed by atoms with van der Waals surface area (Å²) in [6, 6.07) is 0. The van der Waals surface area contributed by atoms with Crippen LogP contribution in [0.1, 0.15) is 46.5 Å². The molecule has 0 spiro atoms. The van der Waals surface area contributed by atoms with Crippen molar-refractivity contribution in [3.8, 4) is 0 Å². The van der Waals surface area contributed by atoms with Gasteiger partial charge in [0.05, 0.1) is 11.8 Å². The molecule has 0 saturated heterocycles. The summed E-state index contributed by atoms with van der Waals surface area (Å²) in [5.74, 6) is 1.37. The molecule has 0 fully saturated rings. The molecule has 0 radical (unpaired) electrons. The lowest BCUT2D eigenvalue weighted by Gasteiger charge is -2.03. The SMILES string of the molecule is CCCn1nncc1C(=O)c1c(C)oc(C)c1C. The van der Waals surface area contributed by atoms with E-state index in [4.69, 9.17) is 4.42 Å². The Labute approximate surface area is 106 Å². The highest BCUT2D eigenvalue weighted by molar-refractivity contribution is 6.09. The molecule has 5 heteroatoms.